The fraction of sp³-hybridized carbons (Fsp3) is 0.250. The molecule has 0 radical (unpaired) electrons. The number of halogens is 3. The Labute approximate surface area is 131 Å². The lowest BCUT2D eigenvalue weighted by atomic mass is 10.1. The first-order valence-electron chi connectivity index (χ1n) is 6.14. The highest BCUT2D eigenvalue weighted by molar-refractivity contribution is 9.10. The quantitative estimate of drug-likeness (QED) is 0.755. The van der Waals surface area contributed by atoms with Gasteiger partial charge in [0.15, 0.2) is 5.52 Å². The molecule has 0 bridgehead atoms. The van der Waals surface area contributed by atoms with E-state index in [9.17, 15) is 8.78 Å². The van der Waals surface area contributed by atoms with Crippen LogP contribution in [0.2, 0.25) is 0 Å². The second-order valence-electron chi connectivity index (χ2n) is 4.52. The molecule has 7 nitrogen and oxygen atoms in total. The highest BCUT2D eigenvalue weighted by Gasteiger charge is 2.18. The molecule has 0 aliphatic carbocycles. The number of aryl methyl sites for hydroxylation is 1. The summed E-state index contributed by atoms with van der Waals surface area (Å²) in [4.78, 5) is 12.1. The van der Waals surface area contributed by atoms with Crippen LogP contribution in [0, 0.1) is 6.92 Å². The van der Waals surface area contributed by atoms with Gasteiger partial charge in [0, 0.05) is 23.9 Å². The zero-order chi connectivity index (χ0) is 15.9. The number of hydrogen-bond acceptors (Lipinski definition) is 7. The maximum absolute atomic E-state index is 12.9. The SMILES string of the molecule is Cc1nc2nonc2c(N)c1Cc1ncc(Br)c(C(F)F)n1. The Bertz CT molecular complexity index is 853. The van der Waals surface area contributed by atoms with E-state index in [-0.39, 0.29) is 22.4 Å². The van der Waals surface area contributed by atoms with Crippen LogP contribution in [0.3, 0.4) is 0 Å². The zero-order valence-electron chi connectivity index (χ0n) is 11.2. The Kier molecular flexibility index (Phi) is 3.69. The Balaban J connectivity index is 2.05. The fourth-order valence-corrected chi connectivity index (χ4v) is 2.39. The van der Waals surface area contributed by atoms with E-state index in [1.54, 1.807) is 6.92 Å². The van der Waals surface area contributed by atoms with Crippen LogP contribution < -0.4 is 5.73 Å². The van der Waals surface area contributed by atoms with Gasteiger partial charge in [-0.25, -0.2) is 28.4 Å². The molecule has 0 aliphatic heterocycles. The standard InChI is InChI=1S/C12H9BrF2N6O/c1-4-5(8(16)10-12(18-4)21-22-20-10)2-7-17-3-6(13)9(19-7)11(14)15/h3,11H,2,16H2,1H3. The molecule has 3 rings (SSSR count). The van der Waals surface area contributed by atoms with Gasteiger partial charge in [-0.3, -0.25) is 0 Å². The summed E-state index contributed by atoms with van der Waals surface area (Å²) in [5, 5.41) is 7.30. The van der Waals surface area contributed by atoms with Gasteiger partial charge < -0.3 is 5.73 Å². The lowest BCUT2D eigenvalue weighted by Gasteiger charge is -2.09. The fourth-order valence-electron chi connectivity index (χ4n) is 2.03. The van der Waals surface area contributed by atoms with E-state index in [1.165, 1.54) is 6.20 Å². The molecule has 0 fully saturated rings. The van der Waals surface area contributed by atoms with Gasteiger partial charge in [0.25, 0.3) is 6.43 Å². The van der Waals surface area contributed by atoms with Crippen molar-refractivity contribution in [3.05, 3.63) is 33.4 Å². The summed E-state index contributed by atoms with van der Waals surface area (Å²) < 4.78 is 30.5. The average Bonchev–Trinajstić information content (AvgIpc) is 2.93. The second kappa shape index (κ2) is 5.52. The highest BCUT2D eigenvalue weighted by atomic mass is 79.9. The molecule has 0 spiro atoms. The van der Waals surface area contributed by atoms with Crippen LogP contribution in [0.1, 0.15) is 29.2 Å². The van der Waals surface area contributed by atoms with Crippen molar-refractivity contribution in [2.24, 2.45) is 0 Å². The van der Waals surface area contributed by atoms with Crippen molar-refractivity contribution in [1.82, 2.24) is 25.3 Å². The number of hydrogen-bond donors (Lipinski definition) is 1. The van der Waals surface area contributed by atoms with E-state index in [4.69, 9.17) is 5.73 Å². The van der Waals surface area contributed by atoms with Gasteiger partial charge in [-0.05, 0) is 33.2 Å². The van der Waals surface area contributed by atoms with Crippen LogP contribution in [-0.4, -0.2) is 25.3 Å². The van der Waals surface area contributed by atoms with E-state index >= 15 is 0 Å². The lowest BCUT2D eigenvalue weighted by molar-refractivity contribution is 0.144. The van der Waals surface area contributed by atoms with Crippen molar-refractivity contribution >= 4 is 32.8 Å². The molecule has 0 aromatic carbocycles. The minimum Gasteiger partial charge on any atom is -0.396 e. The molecular weight excluding hydrogens is 362 g/mol. The molecule has 114 valence electrons. The first-order valence-corrected chi connectivity index (χ1v) is 6.93. The summed E-state index contributed by atoms with van der Waals surface area (Å²) in [6, 6.07) is 0. The van der Waals surface area contributed by atoms with Crippen LogP contribution >= 0.6 is 15.9 Å². The molecule has 3 aromatic rings. The summed E-state index contributed by atoms with van der Waals surface area (Å²) >= 11 is 3.00. The van der Waals surface area contributed by atoms with Crippen LogP contribution in [0.4, 0.5) is 14.5 Å². The van der Waals surface area contributed by atoms with Crippen molar-refractivity contribution in [2.75, 3.05) is 5.73 Å². The van der Waals surface area contributed by atoms with Gasteiger partial charge in [-0.1, -0.05) is 0 Å². The number of nitrogen functional groups attached to an aromatic ring is 1. The van der Waals surface area contributed by atoms with Crippen LogP contribution in [0.25, 0.3) is 11.2 Å². The maximum atomic E-state index is 12.9. The van der Waals surface area contributed by atoms with Crippen molar-refractivity contribution in [1.29, 1.82) is 0 Å². The van der Waals surface area contributed by atoms with E-state index in [1.807, 2.05) is 0 Å². The first kappa shape index (κ1) is 14.7. The Hall–Kier alpha value is -2.23. The largest absolute Gasteiger partial charge is 0.396 e. The summed E-state index contributed by atoms with van der Waals surface area (Å²) in [6.07, 6.45) is -1.26. The summed E-state index contributed by atoms with van der Waals surface area (Å²) in [7, 11) is 0. The number of aromatic nitrogens is 5. The second-order valence-corrected chi connectivity index (χ2v) is 5.38. The van der Waals surface area contributed by atoms with E-state index < -0.39 is 6.43 Å². The molecule has 3 heterocycles. The molecule has 22 heavy (non-hydrogen) atoms. The van der Waals surface area contributed by atoms with Crippen molar-refractivity contribution in [3.8, 4) is 0 Å². The number of rotatable bonds is 3. The molecule has 3 aromatic heterocycles. The van der Waals surface area contributed by atoms with Crippen LogP contribution in [-0.2, 0) is 6.42 Å². The van der Waals surface area contributed by atoms with Crippen LogP contribution in [0.15, 0.2) is 15.3 Å². The van der Waals surface area contributed by atoms with Crippen molar-refractivity contribution < 1.29 is 13.4 Å². The van der Waals surface area contributed by atoms with Gasteiger partial charge >= 0.3 is 0 Å². The van der Waals surface area contributed by atoms with Gasteiger partial charge in [0.05, 0.1) is 10.2 Å². The van der Waals surface area contributed by atoms with Crippen LogP contribution in [0.5, 0.6) is 0 Å². The lowest BCUT2D eigenvalue weighted by Crippen LogP contribution is -2.07. The first-order chi connectivity index (χ1) is 10.5. The monoisotopic (exact) mass is 370 g/mol. The molecule has 0 saturated carbocycles. The van der Waals surface area contributed by atoms with E-state index in [2.05, 4.69) is 45.8 Å². The number of nitrogens with zero attached hydrogens (tertiary/aromatic N) is 5. The molecule has 0 saturated heterocycles. The minimum absolute atomic E-state index is 0.153. The normalized spacial score (nSPS) is 11.5. The third kappa shape index (κ3) is 2.49. The molecule has 0 atom stereocenters. The summed E-state index contributed by atoms with van der Waals surface area (Å²) in [6.45, 7) is 1.73. The smallest absolute Gasteiger partial charge is 0.281 e. The molecule has 2 N–H and O–H groups in total. The summed E-state index contributed by atoms with van der Waals surface area (Å²) in [5.74, 6) is 0.214. The maximum Gasteiger partial charge on any atom is 0.281 e. The van der Waals surface area contributed by atoms with Crippen molar-refractivity contribution in [2.45, 2.75) is 19.8 Å². The number of fused-ring (bicyclic) bond motifs is 1. The third-order valence-corrected chi connectivity index (χ3v) is 3.74. The van der Waals surface area contributed by atoms with E-state index in [0.29, 0.717) is 28.1 Å². The predicted molar refractivity (Wildman–Crippen MR) is 76.2 cm³/mol. The average molecular weight is 371 g/mol. The van der Waals surface area contributed by atoms with Gasteiger partial charge in [0.1, 0.15) is 11.5 Å². The molecular formula is C12H9BrF2N6O. The molecule has 0 amide bonds. The van der Waals surface area contributed by atoms with Gasteiger partial charge in [0.2, 0.25) is 5.65 Å². The highest BCUT2D eigenvalue weighted by Crippen LogP contribution is 2.27. The van der Waals surface area contributed by atoms with Crippen molar-refractivity contribution in [3.63, 3.8) is 0 Å². The number of alkyl halides is 2. The summed E-state index contributed by atoms with van der Waals surface area (Å²) in [5.41, 5.74) is 7.80. The van der Waals surface area contributed by atoms with E-state index in [0.717, 1.165) is 0 Å². The Morgan fingerprint density at radius 1 is 1.32 bits per heavy atom. The Morgan fingerprint density at radius 2 is 2.09 bits per heavy atom. The number of pyridine rings is 1. The molecule has 0 aliphatic rings. The topological polar surface area (TPSA) is 104 Å². The van der Waals surface area contributed by atoms with Gasteiger partial charge in [-0.15, -0.1) is 0 Å². The molecule has 10 heteroatoms. The van der Waals surface area contributed by atoms with Gasteiger partial charge in [-0.2, -0.15) is 0 Å². The zero-order valence-corrected chi connectivity index (χ0v) is 12.8. The number of nitrogens with two attached hydrogens (primary N) is 1. The third-order valence-electron chi connectivity index (χ3n) is 3.12. The molecule has 0 unspecified atom stereocenters. The predicted octanol–water partition coefficient (Wildman–Crippen LogP) is 2.59. The Morgan fingerprint density at radius 3 is 2.82 bits per heavy atom. The number of anilines is 1. The minimum atomic E-state index is -2.70.